The van der Waals surface area contributed by atoms with E-state index in [9.17, 15) is 5.11 Å². The van der Waals surface area contributed by atoms with Gasteiger partial charge in [0.1, 0.15) is 5.75 Å². The van der Waals surface area contributed by atoms with Crippen LogP contribution in [0.3, 0.4) is 0 Å². The lowest BCUT2D eigenvalue weighted by Crippen LogP contribution is -2.68. The number of aliphatic hydroxyl groups is 1. The van der Waals surface area contributed by atoms with Gasteiger partial charge >= 0.3 is 0 Å². The average Bonchev–Trinajstić information content (AvgIpc) is 2.50. The largest absolute Gasteiger partial charge is 0.497 e. The van der Waals surface area contributed by atoms with Crippen molar-refractivity contribution in [2.75, 3.05) is 20.8 Å². The Morgan fingerprint density at radius 1 is 1.38 bits per heavy atom. The topological polar surface area (TPSA) is 32.7 Å². The van der Waals surface area contributed by atoms with Gasteiger partial charge in [-0.05, 0) is 66.8 Å². The van der Waals surface area contributed by atoms with Gasteiger partial charge in [-0.25, -0.2) is 0 Å². The van der Waals surface area contributed by atoms with Crippen molar-refractivity contribution in [3.63, 3.8) is 0 Å². The molecule has 1 aromatic carbocycles. The van der Waals surface area contributed by atoms with E-state index in [1.807, 2.05) is 0 Å². The summed E-state index contributed by atoms with van der Waals surface area (Å²) < 4.78 is 5.46. The van der Waals surface area contributed by atoms with Crippen LogP contribution in [-0.4, -0.2) is 42.9 Å². The summed E-state index contributed by atoms with van der Waals surface area (Å²) >= 11 is 0. The van der Waals surface area contributed by atoms with Crippen LogP contribution in [0, 0.1) is 11.8 Å². The molecule has 2 aliphatic heterocycles. The number of nitrogens with zero attached hydrogens (tertiary/aromatic N) is 1. The average molecular weight is 287 g/mol. The Morgan fingerprint density at radius 2 is 2.19 bits per heavy atom. The Hall–Kier alpha value is -1.06. The summed E-state index contributed by atoms with van der Waals surface area (Å²) in [6.07, 6.45) is 3.48. The van der Waals surface area contributed by atoms with Gasteiger partial charge in [0.2, 0.25) is 0 Å². The molecule has 3 unspecified atom stereocenters. The summed E-state index contributed by atoms with van der Waals surface area (Å²) in [6, 6.07) is 7.78. The number of piperidine rings is 2. The zero-order valence-electron chi connectivity index (χ0n) is 13.2. The molecule has 3 fully saturated rings. The van der Waals surface area contributed by atoms with Gasteiger partial charge in [0.05, 0.1) is 7.11 Å². The number of hydrogen-bond donors (Lipinski definition) is 1. The fourth-order valence-corrected chi connectivity index (χ4v) is 5.49. The van der Waals surface area contributed by atoms with E-state index in [1.165, 1.54) is 17.5 Å². The Kier molecular flexibility index (Phi) is 2.89. The molecule has 1 N–H and O–H groups in total. The van der Waals surface area contributed by atoms with E-state index >= 15 is 0 Å². The van der Waals surface area contributed by atoms with Crippen molar-refractivity contribution in [1.82, 2.24) is 4.90 Å². The molecule has 0 aromatic heterocycles. The first-order valence-corrected chi connectivity index (χ1v) is 8.08. The molecule has 2 saturated heterocycles. The monoisotopic (exact) mass is 287 g/mol. The van der Waals surface area contributed by atoms with Crippen molar-refractivity contribution in [1.29, 1.82) is 0 Å². The van der Waals surface area contributed by atoms with E-state index < -0.39 is 0 Å². The summed E-state index contributed by atoms with van der Waals surface area (Å²) in [7, 11) is 4.01. The highest BCUT2D eigenvalue weighted by Gasteiger charge is 2.58. The fraction of sp³-hybridized carbons (Fsp3) is 0.667. The minimum atomic E-state index is 0.246. The molecule has 1 aromatic rings. The minimum Gasteiger partial charge on any atom is -0.497 e. The molecular weight excluding hydrogens is 262 g/mol. The van der Waals surface area contributed by atoms with Crippen LogP contribution in [0.25, 0.3) is 0 Å². The minimum absolute atomic E-state index is 0.246. The van der Waals surface area contributed by atoms with Gasteiger partial charge in [-0.15, -0.1) is 0 Å². The van der Waals surface area contributed by atoms with Crippen LogP contribution in [0.15, 0.2) is 18.2 Å². The second-order valence-corrected chi connectivity index (χ2v) is 7.43. The summed E-state index contributed by atoms with van der Waals surface area (Å²) in [5.74, 6) is 2.09. The highest BCUT2D eigenvalue weighted by molar-refractivity contribution is 5.45. The summed E-state index contributed by atoms with van der Waals surface area (Å²) in [4.78, 5) is 2.56. The molecule has 0 spiro atoms. The van der Waals surface area contributed by atoms with Crippen molar-refractivity contribution in [2.24, 2.45) is 11.8 Å². The normalized spacial score (nSPS) is 41.0. The maximum atomic E-state index is 9.71. The summed E-state index contributed by atoms with van der Waals surface area (Å²) in [6.45, 7) is 2.77. The maximum Gasteiger partial charge on any atom is 0.119 e. The van der Waals surface area contributed by atoms with E-state index in [0.717, 1.165) is 18.6 Å². The van der Waals surface area contributed by atoms with Gasteiger partial charge in [0.15, 0.2) is 0 Å². The fourth-order valence-electron chi connectivity index (χ4n) is 5.49. The number of methoxy groups -OCH3 is 1. The van der Waals surface area contributed by atoms with Gasteiger partial charge in [0, 0.05) is 18.7 Å². The number of fused-ring (bicyclic) bond motifs is 2. The zero-order chi connectivity index (χ0) is 14.8. The molecule has 5 rings (SSSR count). The number of ether oxygens (including phenoxy) is 1. The van der Waals surface area contributed by atoms with E-state index in [0.29, 0.717) is 30.5 Å². The lowest BCUT2D eigenvalue weighted by Gasteiger charge is -2.64. The molecule has 4 bridgehead atoms. The van der Waals surface area contributed by atoms with Gasteiger partial charge in [-0.2, -0.15) is 0 Å². The van der Waals surface area contributed by atoms with Crippen LogP contribution in [-0.2, 0) is 11.8 Å². The van der Waals surface area contributed by atoms with Gasteiger partial charge in [-0.1, -0.05) is 13.0 Å². The molecule has 0 radical (unpaired) electrons. The molecule has 5 atom stereocenters. The zero-order valence-corrected chi connectivity index (χ0v) is 13.2. The van der Waals surface area contributed by atoms with Crippen molar-refractivity contribution in [3.8, 4) is 5.75 Å². The third kappa shape index (κ3) is 1.68. The molecular formula is C18H25NO2. The summed E-state index contributed by atoms with van der Waals surface area (Å²) in [5.41, 5.74) is 3.24. The van der Waals surface area contributed by atoms with Crippen LogP contribution in [0.2, 0.25) is 0 Å². The molecule has 1 saturated carbocycles. The van der Waals surface area contributed by atoms with Crippen molar-refractivity contribution in [3.05, 3.63) is 29.3 Å². The highest BCUT2D eigenvalue weighted by Crippen LogP contribution is 2.57. The molecule has 3 nitrogen and oxygen atoms in total. The van der Waals surface area contributed by atoms with Crippen LogP contribution >= 0.6 is 0 Å². The molecule has 114 valence electrons. The van der Waals surface area contributed by atoms with E-state index in [-0.39, 0.29) is 5.41 Å². The summed E-state index contributed by atoms with van der Waals surface area (Å²) in [5, 5.41) is 9.71. The third-order valence-electron chi connectivity index (χ3n) is 6.66. The highest BCUT2D eigenvalue weighted by atomic mass is 16.5. The van der Waals surface area contributed by atoms with Gasteiger partial charge < -0.3 is 9.84 Å². The lowest BCUT2D eigenvalue weighted by atomic mass is 9.50. The second kappa shape index (κ2) is 4.47. The Balaban J connectivity index is 1.83. The smallest absolute Gasteiger partial charge is 0.119 e. The molecule has 21 heavy (non-hydrogen) atoms. The van der Waals surface area contributed by atoms with Crippen LogP contribution in [0.5, 0.6) is 5.75 Å². The standard InChI is InChI=1S/C18H25NO2/c1-18-9-17-12(10-20)6-15(18)16(19(17)2)7-11-4-5-13(21-3)8-14(11)18/h4-5,8,12,15-17,20H,6-7,9-10H2,1-3H3/t12-,15?,16?,17?,18-/m1/s1. The first-order valence-electron chi connectivity index (χ1n) is 8.08. The number of aliphatic hydroxyl groups excluding tert-OH is 1. The number of benzene rings is 1. The molecule has 3 heteroatoms. The van der Waals surface area contributed by atoms with Gasteiger partial charge in [-0.3, -0.25) is 4.90 Å². The predicted octanol–water partition coefficient (Wildman–Crippen LogP) is 2.21. The quantitative estimate of drug-likeness (QED) is 0.905. The Labute approximate surface area is 126 Å². The second-order valence-electron chi connectivity index (χ2n) is 7.43. The Bertz CT molecular complexity index is 572. The molecule has 0 amide bonds. The number of rotatable bonds is 2. The number of hydrogen-bond acceptors (Lipinski definition) is 3. The molecule has 4 aliphatic rings. The predicted molar refractivity (Wildman–Crippen MR) is 82.7 cm³/mol. The molecule has 2 aliphatic carbocycles. The first-order chi connectivity index (χ1) is 10.1. The van der Waals surface area contributed by atoms with Crippen LogP contribution < -0.4 is 4.74 Å². The van der Waals surface area contributed by atoms with E-state index in [4.69, 9.17) is 4.74 Å². The number of likely N-dealkylation sites (N-methyl/N-ethyl adjacent to an activating group) is 1. The van der Waals surface area contributed by atoms with Crippen molar-refractivity contribution in [2.45, 2.75) is 43.7 Å². The van der Waals surface area contributed by atoms with Gasteiger partial charge in [0.25, 0.3) is 0 Å². The Morgan fingerprint density at radius 3 is 2.90 bits per heavy atom. The van der Waals surface area contributed by atoms with Crippen LogP contribution in [0.1, 0.15) is 30.9 Å². The SMILES string of the molecule is COc1ccc2c(c1)[C@@]1(C)CC3[C@@H](CO)CC1C(C2)N3C. The first kappa shape index (κ1) is 13.6. The third-order valence-corrected chi connectivity index (χ3v) is 6.66. The molecule has 2 heterocycles. The van der Waals surface area contributed by atoms with Crippen LogP contribution in [0.4, 0.5) is 0 Å². The van der Waals surface area contributed by atoms with E-state index in [1.54, 1.807) is 7.11 Å². The lowest BCUT2D eigenvalue weighted by molar-refractivity contribution is -0.0993. The van der Waals surface area contributed by atoms with E-state index in [2.05, 4.69) is 37.1 Å². The van der Waals surface area contributed by atoms with Crippen molar-refractivity contribution >= 4 is 0 Å². The maximum absolute atomic E-state index is 9.71. The van der Waals surface area contributed by atoms with Crippen molar-refractivity contribution < 1.29 is 9.84 Å².